The van der Waals surface area contributed by atoms with Crippen molar-refractivity contribution in [3.8, 4) is 0 Å². The van der Waals surface area contributed by atoms with Gasteiger partial charge in [0.25, 0.3) is 0 Å². The molecule has 0 N–H and O–H groups in total. The summed E-state index contributed by atoms with van der Waals surface area (Å²) in [4.78, 5) is 0. The highest BCUT2D eigenvalue weighted by Gasteiger charge is 2.24. The van der Waals surface area contributed by atoms with Gasteiger partial charge in [0.15, 0.2) is 0 Å². The molecular weight excluding hydrogens is 216 g/mol. The lowest BCUT2D eigenvalue weighted by Gasteiger charge is -2.30. The maximum atomic E-state index is 2.32. The van der Waals surface area contributed by atoms with Crippen LogP contribution in [0.15, 0.2) is 18.2 Å². The van der Waals surface area contributed by atoms with Crippen LogP contribution in [0.4, 0.5) is 0 Å². The summed E-state index contributed by atoms with van der Waals surface area (Å²) in [6, 6.07) is 6.87. The Labute approximate surface area is 114 Å². The van der Waals surface area contributed by atoms with Gasteiger partial charge in [-0.25, -0.2) is 0 Å². The van der Waals surface area contributed by atoms with Crippen LogP contribution in [-0.2, 0) is 17.3 Å². The van der Waals surface area contributed by atoms with E-state index in [0.717, 1.165) is 0 Å². The van der Waals surface area contributed by atoms with E-state index in [1.54, 1.807) is 5.56 Å². The van der Waals surface area contributed by atoms with Crippen LogP contribution < -0.4 is 0 Å². The molecule has 0 bridgehead atoms. The molecule has 0 saturated carbocycles. The number of unbranched alkanes of at least 4 members (excludes halogenated alkanes) is 1. The van der Waals surface area contributed by atoms with E-state index in [9.17, 15) is 0 Å². The van der Waals surface area contributed by atoms with Crippen molar-refractivity contribution in [2.24, 2.45) is 0 Å². The van der Waals surface area contributed by atoms with Gasteiger partial charge in [0.05, 0.1) is 0 Å². The zero-order valence-electron chi connectivity index (χ0n) is 13.4. The highest BCUT2D eigenvalue weighted by atomic mass is 14.3. The van der Waals surface area contributed by atoms with Gasteiger partial charge in [-0.05, 0) is 40.4 Å². The summed E-state index contributed by atoms with van der Waals surface area (Å²) in [7, 11) is 0. The summed E-state index contributed by atoms with van der Waals surface area (Å²) in [5, 5.41) is 0. The lowest BCUT2D eigenvalue weighted by atomic mass is 9.75. The molecule has 0 aliphatic carbocycles. The standard InChI is InChI=1S/C18H30/c1-8-9-11-14-15(17(2,3)4)12-10-13-16(14)18(5,6)7/h10,12-13H,8-9,11H2,1-7H3. The van der Waals surface area contributed by atoms with E-state index in [-0.39, 0.29) is 10.8 Å². The molecule has 0 heteroatoms. The minimum Gasteiger partial charge on any atom is -0.0654 e. The molecule has 0 aliphatic rings. The van der Waals surface area contributed by atoms with Gasteiger partial charge in [0, 0.05) is 0 Å². The number of hydrogen-bond donors (Lipinski definition) is 0. The van der Waals surface area contributed by atoms with Gasteiger partial charge in [0.1, 0.15) is 0 Å². The average molecular weight is 246 g/mol. The fourth-order valence-corrected chi connectivity index (χ4v) is 2.62. The molecule has 0 unspecified atom stereocenters. The van der Waals surface area contributed by atoms with Crippen LogP contribution in [0.5, 0.6) is 0 Å². The SMILES string of the molecule is CCCCc1c(C(C)(C)C)cccc1C(C)(C)C. The van der Waals surface area contributed by atoms with Crippen LogP contribution in [0, 0.1) is 0 Å². The number of benzene rings is 1. The van der Waals surface area contributed by atoms with Gasteiger partial charge in [-0.15, -0.1) is 0 Å². The first-order valence-electron chi connectivity index (χ1n) is 7.30. The fraction of sp³-hybridized carbons (Fsp3) is 0.667. The molecule has 102 valence electrons. The highest BCUT2D eigenvalue weighted by molar-refractivity contribution is 5.42. The molecule has 0 aliphatic heterocycles. The largest absolute Gasteiger partial charge is 0.0654 e. The van der Waals surface area contributed by atoms with Crippen molar-refractivity contribution in [2.45, 2.75) is 78.6 Å². The molecule has 0 spiro atoms. The molecule has 1 aromatic rings. The zero-order valence-corrected chi connectivity index (χ0v) is 13.4. The van der Waals surface area contributed by atoms with Crippen molar-refractivity contribution in [3.05, 3.63) is 34.9 Å². The third-order valence-corrected chi connectivity index (χ3v) is 3.57. The predicted molar refractivity (Wildman–Crippen MR) is 82.5 cm³/mol. The third-order valence-electron chi connectivity index (χ3n) is 3.57. The minimum atomic E-state index is 0.240. The first-order chi connectivity index (χ1) is 8.18. The normalized spacial score (nSPS) is 12.8. The molecule has 0 amide bonds. The molecule has 0 atom stereocenters. The summed E-state index contributed by atoms with van der Waals surface area (Å²) in [5.41, 5.74) is 5.14. The van der Waals surface area contributed by atoms with E-state index in [1.807, 2.05) is 0 Å². The van der Waals surface area contributed by atoms with Crippen molar-refractivity contribution in [1.29, 1.82) is 0 Å². The van der Waals surface area contributed by atoms with Crippen molar-refractivity contribution in [1.82, 2.24) is 0 Å². The van der Waals surface area contributed by atoms with E-state index in [0.29, 0.717) is 0 Å². The third kappa shape index (κ3) is 3.60. The van der Waals surface area contributed by atoms with E-state index >= 15 is 0 Å². The van der Waals surface area contributed by atoms with E-state index in [2.05, 4.69) is 66.7 Å². The summed E-state index contributed by atoms with van der Waals surface area (Å²) in [5.74, 6) is 0. The Kier molecular flexibility index (Phi) is 4.64. The first kappa shape index (κ1) is 15.3. The van der Waals surface area contributed by atoms with Crippen LogP contribution in [0.25, 0.3) is 0 Å². The van der Waals surface area contributed by atoms with Crippen LogP contribution in [-0.4, -0.2) is 0 Å². The van der Waals surface area contributed by atoms with E-state index < -0.39 is 0 Å². The Balaban J connectivity index is 3.35. The molecule has 0 nitrogen and oxygen atoms in total. The summed E-state index contributed by atoms with van der Waals surface area (Å²) in [6.07, 6.45) is 3.77. The Morgan fingerprint density at radius 1 is 0.833 bits per heavy atom. The quantitative estimate of drug-likeness (QED) is 0.649. The van der Waals surface area contributed by atoms with Crippen molar-refractivity contribution < 1.29 is 0 Å². The van der Waals surface area contributed by atoms with Crippen LogP contribution in [0.3, 0.4) is 0 Å². The monoisotopic (exact) mass is 246 g/mol. The Morgan fingerprint density at radius 3 is 1.61 bits per heavy atom. The first-order valence-corrected chi connectivity index (χ1v) is 7.30. The summed E-state index contributed by atoms with van der Waals surface area (Å²) in [6.45, 7) is 16.2. The summed E-state index contributed by atoms with van der Waals surface area (Å²) < 4.78 is 0. The molecule has 0 radical (unpaired) electrons. The molecular formula is C18H30. The smallest absolute Gasteiger partial charge is 0.0129 e. The minimum absolute atomic E-state index is 0.240. The Hall–Kier alpha value is -0.780. The lowest BCUT2D eigenvalue weighted by Crippen LogP contribution is -2.21. The summed E-state index contributed by atoms with van der Waals surface area (Å²) >= 11 is 0. The maximum Gasteiger partial charge on any atom is -0.0129 e. The van der Waals surface area contributed by atoms with Crippen molar-refractivity contribution >= 4 is 0 Å². The van der Waals surface area contributed by atoms with Gasteiger partial charge >= 0.3 is 0 Å². The zero-order chi connectivity index (χ0) is 14.0. The van der Waals surface area contributed by atoms with E-state index in [1.165, 1.54) is 30.4 Å². The Morgan fingerprint density at radius 2 is 1.28 bits per heavy atom. The van der Waals surface area contributed by atoms with Gasteiger partial charge < -0.3 is 0 Å². The van der Waals surface area contributed by atoms with Crippen LogP contribution in [0.2, 0.25) is 0 Å². The average Bonchev–Trinajstić information content (AvgIpc) is 2.23. The predicted octanol–water partition coefficient (Wildman–Crippen LogP) is 5.62. The molecule has 0 saturated heterocycles. The van der Waals surface area contributed by atoms with Gasteiger partial charge in [-0.2, -0.15) is 0 Å². The fourth-order valence-electron chi connectivity index (χ4n) is 2.62. The molecule has 0 aromatic heterocycles. The van der Waals surface area contributed by atoms with Crippen LogP contribution in [0.1, 0.15) is 78.0 Å². The maximum absolute atomic E-state index is 2.32. The molecule has 1 aromatic carbocycles. The Bertz CT molecular complexity index is 353. The molecule has 0 fully saturated rings. The van der Waals surface area contributed by atoms with Crippen LogP contribution >= 0.6 is 0 Å². The van der Waals surface area contributed by atoms with Gasteiger partial charge in [-0.1, -0.05) is 73.1 Å². The highest BCUT2D eigenvalue weighted by Crippen LogP contribution is 2.34. The number of hydrogen-bond acceptors (Lipinski definition) is 0. The number of rotatable bonds is 3. The van der Waals surface area contributed by atoms with Gasteiger partial charge in [0.2, 0.25) is 0 Å². The molecule has 18 heavy (non-hydrogen) atoms. The second-order valence-electron chi connectivity index (χ2n) is 7.44. The molecule has 0 heterocycles. The van der Waals surface area contributed by atoms with Crippen molar-refractivity contribution in [3.63, 3.8) is 0 Å². The van der Waals surface area contributed by atoms with E-state index in [4.69, 9.17) is 0 Å². The second-order valence-corrected chi connectivity index (χ2v) is 7.44. The second kappa shape index (κ2) is 5.47. The molecule has 1 rings (SSSR count). The van der Waals surface area contributed by atoms with Crippen molar-refractivity contribution in [2.75, 3.05) is 0 Å². The van der Waals surface area contributed by atoms with Gasteiger partial charge in [-0.3, -0.25) is 0 Å². The lowest BCUT2D eigenvalue weighted by molar-refractivity contribution is 0.551. The topological polar surface area (TPSA) is 0 Å².